The van der Waals surface area contributed by atoms with Crippen LogP contribution < -0.4 is 10.6 Å². The van der Waals surface area contributed by atoms with Crippen molar-refractivity contribution >= 4 is 40.7 Å². The molecule has 3 N–H and O–H groups in total. The zero-order valence-corrected chi connectivity index (χ0v) is 11.8. The molecule has 5 nitrogen and oxygen atoms in total. The third-order valence-corrected chi connectivity index (χ3v) is 2.81. The Kier molecular flexibility index (Phi) is 6.08. The lowest BCUT2D eigenvalue weighted by atomic mass is 10.2. The van der Waals surface area contributed by atoms with E-state index in [4.69, 9.17) is 28.3 Å². The lowest BCUT2D eigenvalue weighted by Crippen LogP contribution is -2.43. The molecule has 0 unspecified atom stereocenters. The van der Waals surface area contributed by atoms with Gasteiger partial charge in [-0.15, -0.1) is 0 Å². The minimum absolute atomic E-state index is 0.224. The molecule has 1 aromatic carbocycles. The smallest absolute Gasteiger partial charge is 0.313 e. The van der Waals surface area contributed by atoms with Crippen LogP contribution in [-0.2, 0) is 9.59 Å². The summed E-state index contributed by atoms with van der Waals surface area (Å²) in [6, 6.07) is 4.02. The zero-order chi connectivity index (χ0) is 14.4. The van der Waals surface area contributed by atoms with Crippen LogP contribution in [0.1, 0.15) is 13.3 Å². The molecule has 0 radical (unpaired) electrons. The number of halogens is 2. The molecule has 0 heterocycles. The average molecular weight is 305 g/mol. The highest BCUT2D eigenvalue weighted by atomic mass is 35.5. The molecule has 0 aliphatic heterocycles. The molecule has 1 rings (SSSR count). The Morgan fingerprint density at radius 1 is 1.21 bits per heavy atom. The van der Waals surface area contributed by atoms with Gasteiger partial charge in [0.1, 0.15) is 0 Å². The summed E-state index contributed by atoms with van der Waals surface area (Å²) in [5, 5.41) is 14.4. The van der Waals surface area contributed by atoms with Gasteiger partial charge in [-0.05, 0) is 24.6 Å². The summed E-state index contributed by atoms with van der Waals surface area (Å²) >= 11 is 11.5. The van der Waals surface area contributed by atoms with Gasteiger partial charge in [-0.2, -0.15) is 0 Å². The van der Waals surface area contributed by atoms with Crippen molar-refractivity contribution in [3.8, 4) is 0 Å². The highest BCUT2D eigenvalue weighted by Crippen LogP contribution is 2.22. The minimum Gasteiger partial charge on any atom is -0.394 e. The van der Waals surface area contributed by atoms with Gasteiger partial charge in [0, 0.05) is 15.7 Å². The van der Waals surface area contributed by atoms with Gasteiger partial charge in [0.05, 0.1) is 12.6 Å². The summed E-state index contributed by atoms with van der Waals surface area (Å²) in [5.41, 5.74) is 0.328. The molecule has 7 heteroatoms. The predicted molar refractivity (Wildman–Crippen MR) is 74.4 cm³/mol. The van der Waals surface area contributed by atoms with Crippen LogP contribution in [-0.4, -0.2) is 29.6 Å². The molecule has 0 spiro atoms. The highest BCUT2D eigenvalue weighted by Gasteiger charge is 2.17. The van der Waals surface area contributed by atoms with Crippen LogP contribution in [0, 0.1) is 0 Å². The van der Waals surface area contributed by atoms with Crippen molar-refractivity contribution in [1.29, 1.82) is 0 Å². The van der Waals surface area contributed by atoms with Crippen LogP contribution in [0.3, 0.4) is 0 Å². The van der Waals surface area contributed by atoms with Crippen LogP contribution in [0.25, 0.3) is 0 Å². The van der Waals surface area contributed by atoms with Gasteiger partial charge in [0.15, 0.2) is 0 Å². The van der Waals surface area contributed by atoms with Crippen molar-refractivity contribution in [3.63, 3.8) is 0 Å². The van der Waals surface area contributed by atoms with Gasteiger partial charge in [-0.1, -0.05) is 30.1 Å². The van der Waals surface area contributed by atoms with E-state index < -0.39 is 17.9 Å². The maximum Gasteiger partial charge on any atom is 0.313 e. The van der Waals surface area contributed by atoms with E-state index in [1.807, 2.05) is 0 Å². The third kappa shape index (κ3) is 5.06. The number of aliphatic hydroxyl groups is 1. The number of carbonyl (C=O) groups excluding carboxylic acids is 2. The quantitative estimate of drug-likeness (QED) is 0.742. The molecule has 2 amide bonds. The van der Waals surface area contributed by atoms with Crippen molar-refractivity contribution in [2.45, 2.75) is 19.4 Å². The number of carbonyl (C=O) groups is 2. The first-order chi connectivity index (χ1) is 8.96. The van der Waals surface area contributed by atoms with E-state index in [-0.39, 0.29) is 6.61 Å². The summed E-state index contributed by atoms with van der Waals surface area (Å²) in [6.45, 7) is 1.56. The summed E-state index contributed by atoms with van der Waals surface area (Å²) in [5.74, 6) is -1.66. The first-order valence-electron chi connectivity index (χ1n) is 5.65. The van der Waals surface area contributed by atoms with Gasteiger partial charge in [0.2, 0.25) is 0 Å². The van der Waals surface area contributed by atoms with E-state index >= 15 is 0 Å². The van der Waals surface area contributed by atoms with Crippen molar-refractivity contribution in [1.82, 2.24) is 5.32 Å². The van der Waals surface area contributed by atoms with Gasteiger partial charge < -0.3 is 15.7 Å². The van der Waals surface area contributed by atoms with Crippen molar-refractivity contribution < 1.29 is 14.7 Å². The Bertz CT molecular complexity index is 456. The fraction of sp³-hybridized carbons (Fsp3) is 0.333. The Morgan fingerprint density at radius 2 is 1.79 bits per heavy atom. The molecule has 19 heavy (non-hydrogen) atoms. The monoisotopic (exact) mass is 304 g/mol. The first-order valence-corrected chi connectivity index (χ1v) is 6.40. The molecule has 0 aliphatic carbocycles. The molecule has 0 fully saturated rings. The highest BCUT2D eigenvalue weighted by molar-refractivity contribution is 6.40. The number of nitrogens with one attached hydrogen (secondary N) is 2. The predicted octanol–water partition coefficient (Wildman–Crippen LogP) is 1.82. The topological polar surface area (TPSA) is 78.4 Å². The molecular formula is C12H14Cl2N2O3. The first kappa shape index (κ1) is 15.8. The summed E-state index contributed by atoms with van der Waals surface area (Å²) in [4.78, 5) is 23.2. The summed E-state index contributed by atoms with van der Waals surface area (Å²) in [7, 11) is 0. The van der Waals surface area contributed by atoms with E-state index in [0.717, 1.165) is 0 Å². The van der Waals surface area contributed by atoms with E-state index in [1.165, 1.54) is 18.2 Å². The average Bonchev–Trinajstić information content (AvgIpc) is 2.34. The zero-order valence-electron chi connectivity index (χ0n) is 10.2. The van der Waals surface area contributed by atoms with Gasteiger partial charge in [0.25, 0.3) is 0 Å². The molecule has 0 aliphatic rings. The Labute approximate surface area is 120 Å². The second kappa shape index (κ2) is 7.33. The third-order valence-electron chi connectivity index (χ3n) is 2.38. The number of hydrogen-bond acceptors (Lipinski definition) is 3. The second-order valence-electron chi connectivity index (χ2n) is 3.87. The minimum atomic E-state index is -0.842. The van der Waals surface area contributed by atoms with E-state index in [0.29, 0.717) is 22.2 Å². The van der Waals surface area contributed by atoms with E-state index in [9.17, 15) is 9.59 Å². The Balaban J connectivity index is 2.66. The fourth-order valence-corrected chi connectivity index (χ4v) is 1.87. The van der Waals surface area contributed by atoms with Crippen LogP contribution in [0.5, 0.6) is 0 Å². The van der Waals surface area contributed by atoms with E-state index in [1.54, 1.807) is 6.92 Å². The molecule has 0 saturated carbocycles. The van der Waals surface area contributed by atoms with Crippen LogP contribution in [0.4, 0.5) is 5.69 Å². The van der Waals surface area contributed by atoms with Gasteiger partial charge in [-0.3, -0.25) is 9.59 Å². The number of amides is 2. The van der Waals surface area contributed by atoms with Crippen LogP contribution in [0.15, 0.2) is 18.2 Å². The normalized spacial score (nSPS) is 11.8. The largest absolute Gasteiger partial charge is 0.394 e. The Morgan fingerprint density at radius 3 is 2.26 bits per heavy atom. The summed E-state index contributed by atoms with van der Waals surface area (Å²) in [6.07, 6.45) is 0.526. The van der Waals surface area contributed by atoms with Crippen molar-refractivity contribution in [2.24, 2.45) is 0 Å². The van der Waals surface area contributed by atoms with Gasteiger partial charge >= 0.3 is 11.8 Å². The standard InChI is InChI=1S/C12H14Cl2N2O3/c1-2-9(6-17)15-11(18)12(19)16-10-4-7(13)3-8(14)5-10/h3-5,9,17H,2,6H2,1H3,(H,15,18)(H,16,19)/t9-/m1/s1. The lowest BCUT2D eigenvalue weighted by Gasteiger charge is -2.13. The molecule has 1 aromatic rings. The number of rotatable bonds is 4. The number of aliphatic hydroxyl groups excluding tert-OH is 1. The van der Waals surface area contributed by atoms with E-state index in [2.05, 4.69) is 10.6 Å². The molecule has 104 valence electrons. The maximum absolute atomic E-state index is 11.6. The molecule has 0 saturated heterocycles. The molecule has 0 aromatic heterocycles. The number of anilines is 1. The number of benzene rings is 1. The summed E-state index contributed by atoms with van der Waals surface area (Å²) < 4.78 is 0. The van der Waals surface area contributed by atoms with Crippen LogP contribution in [0.2, 0.25) is 10.0 Å². The molecular weight excluding hydrogens is 291 g/mol. The van der Waals surface area contributed by atoms with Gasteiger partial charge in [-0.25, -0.2) is 0 Å². The van der Waals surface area contributed by atoms with Crippen molar-refractivity contribution in [3.05, 3.63) is 28.2 Å². The SMILES string of the molecule is CC[C@H](CO)NC(=O)C(=O)Nc1cc(Cl)cc(Cl)c1. The fourth-order valence-electron chi connectivity index (χ4n) is 1.34. The maximum atomic E-state index is 11.6. The Hall–Kier alpha value is -1.30. The molecule has 0 bridgehead atoms. The molecule has 1 atom stereocenters. The number of hydrogen-bond donors (Lipinski definition) is 3. The lowest BCUT2D eigenvalue weighted by molar-refractivity contribution is -0.136. The van der Waals surface area contributed by atoms with Crippen LogP contribution >= 0.6 is 23.2 Å². The second-order valence-corrected chi connectivity index (χ2v) is 4.75. The van der Waals surface area contributed by atoms with Crippen molar-refractivity contribution in [2.75, 3.05) is 11.9 Å².